The molecule has 264 valence electrons. The van der Waals surface area contributed by atoms with Gasteiger partial charge >= 0.3 is 0 Å². The molecule has 0 amide bonds. The highest BCUT2D eigenvalue weighted by molar-refractivity contribution is 7.26. The summed E-state index contributed by atoms with van der Waals surface area (Å²) < 4.78 is 4.43. The second kappa shape index (κ2) is 13.3. The molecule has 0 saturated heterocycles. The Morgan fingerprint density at radius 3 is 2.04 bits per heavy atom. The molecule has 3 aromatic heterocycles. The van der Waals surface area contributed by atoms with E-state index in [2.05, 4.69) is 168 Å². The van der Waals surface area contributed by atoms with Gasteiger partial charge in [-0.25, -0.2) is 20.0 Å². The Kier molecular flexibility index (Phi) is 7.64. The van der Waals surface area contributed by atoms with Crippen molar-refractivity contribution in [2.45, 2.75) is 6.17 Å². The highest BCUT2D eigenvalue weighted by Crippen LogP contribution is 2.39. The quantitative estimate of drug-likeness (QED) is 0.185. The van der Waals surface area contributed by atoms with Crippen molar-refractivity contribution in [3.05, 3.63) is 199 Å². The molecule has 11 rings (SSSR count). The van der Waals surface area contributed by atoms with Crippen LogP contribution in [0.15, 0.2) is 192 Å². The van der Waals surface area contributed by atoms with Crippen molar-refractivity contribution in [3.63, 3.8) is 0 Å². The van der Waals surface area contributed by atoms with E-state index >= 15 is 0 Å². The highest BCUT2D eigenvalue weighted by atomic mass is 32.1. The van der Waals surface area contributed by atoms with E-state index < -0.39 is 0 Å². The monoisotopic (exact) mass is 736 g/mol. The van der Waals surface area contributed by atoms with Crippen LogP contribution in [0.2, 0.25) is 0 Å². The molecule has 1 aliphatic heterocycles. The fraction of sp³-hybridized carbons (Fsp3) is 0.0204. The number of fused-ring (bicyclic) bond motifs is 6. The summed E-state index contributed by atoms with van der Waals surface area (Å²) in [6, 6.07) is 63.4. The van der Waals surface area contributed by atoms with Crippen LogP contribution in [0.4, 0.5) is 0 Å². The number of para-hydroxylation sites is 2. The van der Waals surface area contributed by atoms with Gasteiger partial charge in [0.15, 0.2) is 11.7 Å². The first-order valence-corrected chi connectivity index (χ1v) is 19.5. The van der Waals surface area contributed by atoms with Crippen molar-refractivity contribution in [2.75, 3.05) is 0 Å². The minimum absolute atomic E-state index is 0.375. The van der Waals surface area contributed by atoms with Crippen LogP contribution in [0, 0.1) is 0 Å². The van der Waals surface area contributed by atoms with E-state index in [-0.39, 0.29) is 6.17 Å². The van der Waals surface area contributed by atoms with Gasteiger partial charge < -0.3 is 9.88 Å². The number of thiophene rings is 1. The van der Waals surface area contributed by atoms with Crippen LogP contribution in [0.5, 0.6) is 0 Å². The predicted molar refractivity (Wildman–Crippen MR) is 232 cm³/mol. The second-order valence-electron chi connectivity index (χ2n) is 13.9. The Balaban J connectivity index is 1.14. The van der Waals surface area contributed by atoms with E-state index in [1.807, 2.05) is 24.3 Å². The summed E-state index contributed by atoms with van der Waals surface area (Å²) in [7, 11) is 0. The molecule has 0 bridgehead atoms. The molecule has 0 saturated carbocycles. The molecule has 7 aromatic carbocycles. The van der Waals surface area contributed by atoms with Gasteiger partial charge in [0.25, 0.3) is 0 Å². The third kappa shape index (κ3) is 5.48. The first kappa shape index (κ1) is 32.2. The van der Waals surface area contributed by atoms with Gasteiger partial charge in [-0.15, -0.1) is 11.3 Å². The standard InChI is InChI=1S/C49H32N6S/c1-4-15-31(16-5-1)33-19-14-20-34(29-33)48-52-46(32-17-6-2-7-18-32)53-49(54-48)44-45-43(39-24-11-13-26-42(39)56-45)50-47(51-44)35-27-28-38-37-23-10-12-25-40(37)55(41(38)30-35)36-21-8-3-9-22-36/h1-30,46H,(H,52,53,54). The van der Waals surface area contributed by atoms with Gasteiger partial charge in [0.2, 0.25) is 0 Å². The van der Waals surface area contributed by atoms with Gasteiger partial charge in [-0.1, -0.05) is 146 Å². The number of benzene rings is 7. The zero-order chi connectivity index (χ0) is 37.0. The lowest BCUT2D eigenvalue weighted by Gasteiger charge is -2.24. The third-order valence-electron chi connectivity index (χ3n) is 10.5. The maximum atomic E-state index is 5.40. The predicted octanol–water partition coefficient (Wildman–Crippen LogP) is 11.8. The Bertz CT molecular complexity index is 3160. The maximum Gasteiger partial charge on any atom is 0.179 e. The van der Waals surface area contributed by atoms with Crippen molar-refractivity contribution in [1.29, 1.82) is 0 Å². The SMILES string of the molecule is c1ccc(-c2cccc(C3=NC(c4nc(-c5ccc6c7ccccc7n(-c7ccccc7)c6c5)nc5c4sc4ccccc45)=NC(c4ccccc4)N3)c2)cc1. The van der Waals surface area contributed by atoms with E-state index in [0.717, 1.165) is 70.7 Å². The van der Waals surface area contributed by atoms with Crippen LogP contribution in [-0.4, -0.2) is 26.2 Å². The minimum atomic E-state index is -0.375. The molecule has 1 unspecified atom stereocenters. The molecule has 6 nitrogen and oxygen atoms in total. The summed E-state index contributed by atoms with van der Waals surface area (Å²) in [5.41, 5.74) is 10.2. The number of aromatic nitrogens is 3. The summed E-state index contributed by atoms with van der Waals surface area (Å²) in [4.78, 5) is 21.3. The van der Waals surface area contributed by atoms with E-state index in [1.165, 1.54) is 10.8 Å². The summed E-state index contributed by atoms with van der Waals surface area (Å²) in [6.45, 7) is 0. The number of rotatable bonds is 6. The van der Waals surface area contributed by atoms with Crippen LogP contribution in [0.3, 0.4) is 0 Å². The van der Waals surface area contributed by atoms with E-state index in [1.54, 1.807) is 11.3 Å². The zero-order valence-electron chi connectivity index (χ0n) is 30.0. The molecule has 1 aliphatic rings. The first-order chi connectivity index (χ1) is 27.7. The summed E-state index contributed by atoms with van der Waals surface area (Å²) in [5, 5.41) is 7.13. The molecule has 0 radical (unpaired) electrons. The fourth-order valence-electron chi connectivity index (χ4n) is 7.82. The van der Waals surface area contributed by atoms with Gasteiger partial charge in [-0.05, 0) is 53.1 Å². The Morgan fingerprint density at radius 2 is 1.20 bits per heavy atom. The topological polar surface area (TPSA) is 67.5 Å². The lowest BCUT2D eigenvalue weighted by Crippen LogP contribution is -2.33. The summed E-state index contributed by atoms with van der Waals surface area (Å²) in [5.74, 6) is 1.94. The number of nitrogens with zero attached hydrogens (tertiary/aromatic N) is 5. The van der Waals surface area contributed by atoms with Gasteiger partial charge in [0.1, 0.15) is 17.7 Å². The number of hydrogen-bond acceptors (Lipinski definition) is 6. The van der Waals surface area contributed by atoms with Gasteiger partial charge in [0.05, 0.1) is 21.3 Å². The molecular weight excluding hydrogens is 705 g/mol. The number of amidine groups is 2. The van der Waals surface area contributed by atoms with Crippen LogP contribution < -0.4 is 5.32 Å². The van der Waals surface area contributed by atoms with Gasteiger partial charge in [0, 0.05) is 37.7 Å². The number of hydrogen-bond donors (Lipinski definition) is 1. The molecule has 4 heterocycles. The Labute approximate surface area is 326 Å². The minimum Gasteiger partial charge on any atom is -0.344 e. The molecule has 1 N–H and O–H groups in total. The van der Waals surface area contributed by atoms with Gasteiger partial charge in [-0.3, -0.25) is 0 Å². The summed E-state index contributed by atoms with van der Waals surface area (Å²) in [6.07, 6.45) is -0.375. The molecular formula is C49H32N6S. The Hall–Kier alpha value is -7.22. The lowest BCUT2D eigenvalue weighted by molar-refractivity contribution is 0.674. The number of nitrogens with one attached hydrogen (secondary N) is 1. The Morgan fingerprint density at radius 1 is 0.518 bits per heavy atom. The van der Waals surface area contributed by atoms with Crippen molar-refractivity contribution in [3.8, 4) is 28.2 Å². The van der Waals surface area contributed by atoms with E-state index in [0.29, 0.717) is 17.4 Å². The average molecular weight is 737 g/mol. The fourth-order valence-corrected chi connectivity index (χ4v) is 8.95. The molecule has 1 atom stereocenters. The van der Waals surface area contributed by atoms with Crippen LogP contribution in [0.25, 0.3) is 70.3 Å². The van der Waals surface area contributed by atoms with Crippen LogP contribution in [0.1, 0.15) is 23.0 Å². The zero-order valence-corrected chi connectivity index (χ0v) is 30.9. The lowest BCUT2D eigenvalue weighted by atomic mass is 10.0. The van der Waals surface area contributed by atoms with Crippen LogP contribution in [-0.2, 0) is 0 Å². The van der Waals surface area contributed by atoms with Crippen molar-refractivity contribution < 1.29 is 0 Å². The van der Waals surface area contributed by atoms with Crippen molar-refractivity contribution >= 4 is 65.1 Å². The molecule has 10 aromatic rings. The van der Waals surface area contributed by atoms with Crippen molar-refractivity contribution in [2.24, 2.45) is 9.98 Å². The average Bonchev–Trinajstić information content (AvgIpc) is 3.82. The highest BCUT2D eigenvalue weighted by Gasteiger charge is 2.26. The molecule has 0 spiro atoms. The molecule has 0 aliphatic carbocycles. The maximum absolute atomic E-state index is 5.40. The summed E-state index contributed by atoms with van der Waals surface area (Å²) >= 11 is 1.69. The second-order valence-corrected chi connectivity index (χ2v) is 15.0. The normalized spacial score (nSPS) is 14.2. The van der Waals surface area contributed by atoms with Crippen molar-refractivity contribution in [1.82, 2.24) is 19.9 Å². The molecule has 56 heavy (non-hydrogen) atoms. The van der Waals surface area contributed by atoms with E-state index in [4.69, 9.17) is 20.0 Å². The molecule has 0 fully saturated rings. The first-order valence-electron chi connectivity index (χ1n) is 18.7. The largest absolute Gasteiger partial charge is 0.344 e. The third-order valence-corrected chi connectivity index (χ3v) is 11.6. The molecule has 7 heteroatoms. The smallest absolute Gasteiger partial charge is 0.179 e. The van der Waals surface area contributed by atoms with Gasteiger partial charge in [-0.2, -0.15) is 0 Å². The van der Waals surface area contributed by atoms with Crippen LogP contribution >= 0.6 is 11.3 Å². The number of aliphatic imine (C=N–C) groups is 2. The van der Waals surface area contributed by atoms with E-state index in [9.17, 15) is 0 Å².